The highest BCUT2D eigenvalue weighted by Crippen LogP contribution is 2.42. The zero-order valence-corrected chi connectivity index (χ0v) is 27.2. The first kappa shape index (κ1) is 31.1. The Morgan fingerprint density at radius 1 is 0.739 bits per heavy atom. The third-order valence-electron chi connectivity index (χ3n) is 9.14. The maximum Gasteiger partial charge on any atom is 0.218 e. The minimum absolute atomic E-state index is 0.201. The van der Waals surface area contributed by atoms with E-state index in [1.807, 2.05) is 72.3 Å². The van der Waals surface area contributed by atoms with Gasteiger partial charge in [0.1, 0.15) is 11.3 Å². The number of benzene rings is 2. The van der Waals surface area contributed by atoms with Gasteiger partial charge >= 0.3 is 0 Å². The van der Waals surface area contributed by atoms with Crippen LogP contribution in [0.1, 0.15) is 37.1 Å². The zero-order valence-electron chi connectivity index (χ0n) is 25.7. The van der Waals surface area contributed by atoms with Gasteiger partial charge in [0.25, 0.3) is 0 Å². The Hall–Kier alpha value is -3.57. The molecule has 238 valence electrons. The molecule has 0 radical (unpaired) electrons. The lowest BCUT2D eigenvalue weighted by Gasteiger charge is -2.32. The molecule has 11 heteroatoms. The number of rotatable bonds is 10. The van der Waals surface area contributed by atoms with Gasteiger partial charge in [0.15, 0.2) is 5.65 Å². The summed E-state index contributed by atoms with van der Waals surface area (Å²) in [4.78, 5) is 14.5. The number of nitrogens with zero attached hydrogens (tertiary/aromatic N) is 4. The molecular weight excluding hydrogens is 623 g/mol. The maximum atomic E-state index is 9.59. The van der Waals surface area contributed by atoms with Crippen molar-refractivity contribution in [2.75, 3.05) is 7.11 Å². The number of ether oxygens (including phenoxy) is 1. The van der Waals surface area contributed by atoms with Gasteiger partial charge in [-0.15, -0.1) is 0 Å². The van der Waals surface area contributed by atoms with E-state index in [4.69, 9.17) is 42.9 Å². The number of methoxy groups -OCH3 is 1. The summed E-state index contributed by atoms with van der Waals surface area (Å²) in [5.74, 6) is 1.42. The van der Waals surface area contributed by atoms with Crippen LogP contribution in [0, 0.1) is 0 Å². The summed E-state index contributed by atoms with van der Waals surface area (Å²) in [6, 6.07) is 20.2. The molecule has 0 spiro atoms. The van der Waals surface area contributed by atoms with Crippen LogP contribution in [0.25, 0.3) is 44.8 Å². The highest BCUT2D eigenvalue weighted by atomic mass is 35.5. The molecule has 2 fully saturated rings. The van der Waals surface area contributed by atoms with Gasteiger partial charge in [0, 0.05) is 53.5 Å². The van der Waals surface area contributed by atoms with Crippen molar-refractivity contribution >= 4 is 34.4 Å². The average molecular weight is 660 g/mol. The van der Waals surface area contributed by atoms with E-state index in [-0.39, 0.29) is 12.2 Å². The highest BCUT2D eigenvalue weighted by Gasteiger charge is 2.28. The lowest BCUT2D eigenvalue weighted by Crippen LogP contribution is -2.44. The van der Waals surface area contributed by atoms with E-state index in [2.05, 4.69) is 10.6 Å². The van der Waals surface area contributed by atoms with Gasteiger partial charge in [-0.05, 0) is 43.9 Å². The van der Waals surface area contributed by atoms with Crippen LogP contribution in [0.15, 0.2) is 60.7 Å². The molecule has 5 aromatic rings. The van der Waals surface area contributed by atoms with Crippen molar-refractivity contribution in [3.05, 3.63) is 82.1 Å². The minimum Gasteiger partial charge on any atom is -0.481 e. The molecule has 0 bridgehead atoms. The topological polar surface area (TPSA) is 117 Å². The van der Waals surface area contributed by atoms with Gasteiger partial charge in [0.05, 0.1) is 47.3 Å². The van der Waals surface area contributed by atoms with Crippen LogP contribution in [0.4, 0.5) is 0 Å². The third-order valence-corrected chi connectivity index (χ3v) is 9.95. The quantitative estimate of drug-likeness (QED) is 0.146. The van der Waals surface area contributed by atoms with Gasteiger partial charge in [-0.25, -0.2) is 15.0 Å². The number of halogens is 2. The molecule has 4 N–H and O–H groups in total. The normalized spacial score (nSPS) is 20.8. The lowest BCUT2D eigenvalue weighted by molar-refractivity contribution is 0.0613. The van der Waals surface area contributed by atoms with Gasteiger partial charge in [-0.3, -0.25) is 0 Å². The standard InChI is InChI=1S/C35H36Cl2N6O3/c1-43-31(18-39-21-15-23(45)16-21)40-30-12-11-28(41-34(30)43)26-7-3-5-24(32(26)36)25-6-4-8-27(33(25)37)29-10-9-19(35(42-29)46-2)17-38-20-13-22(44)14-20/h3-12,20-23,38-39,44-45H,13-18H2,1-2H3/t20-,21-,22+,23+. The predicted molar refractivity (Wildman–Crippen MR) is 181 cm³/mol. The monoisotopic (exact) mass is 658 g/mol. The first-order valence-corrected chi connectivity index (χ1v) is 16.3. The average Bonchev–Trinajstić information content (AvgIpc) is 3.35. The van der Waals surface area contributed by atoms with Gasteiger partial charge in [-0.2, -0.15) is 0 Å². The van der Waals surface area contributed by atoms with E-state index < -0.39 is 0 Å². The molecule has 7 rings (SSSR count). The third kappa shape index (κ3) is 5.99. The molecule has 2 saturated carbocycles. The Balaban J connectivity index is 1.16. The Bertz CT molecular complexity index is 1900. The van der Waals surface area contributed by atoms with E-state index in [1.54, 1.807) is 7.11 Å². The smallest absolute Gasteiger partial charge is 0.218 e. The number of aliphatic hydroxyl groups is 2. The summed E-state index contributed by atoms with van der Waals surface area (Å²) >= 11 is 14.2. The van der Waals surface area contributed by atoms with Gasteiger partial charge in [0.2, 0.25) is 5.88 Å². The number of fused-ring (bicyclic) bond motifs is 1. The Kier molecular flexibility index (Phi) is 8.71. The number of pyridine rings is 2. The first-order valence-electron chi connectivity index (χ1n) is 15.6. The molecule has 0 unspecified atom stereocenters. The number of hydrogen-bond donors (Lipinski definition) is 4. The van der Waals surface area contributed by atoms with E-state index >= 15 is 0 Å². The van der Waals surface area contributed by atoms with Crippen molar-refractivity contribution in [2.24, 2.45) is 7.05 Å². The van der Waals surface area contributed by atoms with Crippen LogP contribution < -0.4 is 15.4 Å². The SMILES string of the molecule is COc1nc(-c2cccc(-c3cccc(-c4ccc5nc(CN[C@H]6C[C@@H](O)C6)n(C)c5n4)c3Cl)c2Cl)ccc1CN[C@H]1C[C@@H](O)C1. The maximum absolute atomic E-state index is 9.59. The predicted octanol–water partition coefficient (Wildman–Crippen LogP) is 5.91. The number of nitrogens with one attached hydrogen (secondary N) is 2. The molecular formula is C35H36Cl2N6O3. The van der Waals surface area contributed by atoms with Crippen molar-refractivity contribution in [1.29, 1.82) is 0 Å². The number of aromatic nitrogens is 4. The summed E-state index contributed by atoms with van der Waals surface area (Å²) in [6.45, 7) is 1.21. The molecule has 0 saturated heterocycles. The zero-order chi connectivity index (χ0) is 31.9. The van der Waals surface area contributed by atoms with Crippen molar-refractivity contribution in [1.82, 2.24) is 30.2 Å². The number of hydrogen-bond acceptors (Lipinski definition) is 8. The molecule has 2 aliphatic carbocycles. The molecule has 2 aliphatic rings. The summed E-state index contributed by atoms with van der Waals surface area (Å²) in [5, 5.41) is 27.2. The Morgan fingerprint density at radius 3 is 1.87 bits per heavy atom. The fourth-order valence-electron chi connectivity index (χ4n) is 6.22. The van der Waals surface area contributed by atoms with Crippen molar-refractivity contribution < 1.29 is 14.9 Å². The number of aryl methyl sites for hydroxylation is 1. The van der Waals surface area contributed by atoms with Crippen LogP contribution in [-0.2, 0) is 20.1 Å². The van der Waals surface area contributed by atoms with Gasteiger partial charge < -0.3 is 30.2 Å². The second-order valence-corrected chi connectivity index (χ2v) is 13.0. The molecule has 0 aliphatic heterocycles. The highest BCUT2D eigenvalue weighted by molar-refractivity contribution is 6.39. The van der Waals surface area contributed by atoms with E-state index in [0.29, 0.717) is 46.8 Å². The second-order valence-electron chi connectivity index (χ2n) is 12.2. The summed E-state index contributed by atoms with van der Waals surface area (Å²) in [7, 11) is 3.58. The molecule has 2 aromatic carbocycles. The number of aliphatic hydroxyl groups excluding tert-OH is 2. The number of imidazole rings is 1. The van der Waals surface area contributed by atoms with E-state index in [9.17, 15) is 10.2 Å². The fraction of sp³-hybridized carbons (Fsp3) is 0.343. The lowest BCUT2D eigenvalue weighted by atomic mass is 9.89. The van der Waals surface area contributed by atoms with Crippen LogP contribution in [-0.4, -0.2) is 61.1 Å². The van der Waals surface area contributed by atoms with Crippen LogP contribution in [0.5, 0.6) is 5.88 Å². The van der Waals surface area contributed by atoms with Crippen LogP contribution >= 0.6 is 23.2 Å². The molecule has 3 aromatic heterocycles. The Labute approximate surface area is 277 Å². The fourth-order valence-corrected chi connectivity index (χ4v) is 6.87. The van der Waals surface area contributed by atoms with E-state index in [1.165, 1.54) is 0 Å². The first-order chi connectivity index (χ1) is 22.3. The van der Waals surface area contributed by atoms with Gasteiger partial charge in [-0.1, -0.05) is 65.7 Å². The van der Waals surface area contributed by atoms with Crippen molar-refractivity contribution in [2.45, 2.75) is 63.1 Å². The van der Waals surface area contributed by atoms with Crippen LogP contribution in [0.2, 0.25) is 10.0 Å². The second kappa shape index (κ2) is 12.9. The summed E-state index contributed by atoms with van der Waals surface area (Å²) in [6.07, 6.45) is 2.67. The summed E-state index contributed by atoms with van der Waals surface area (Å²) < 4.78 is 7.64. The molecule has 46 heavy (non-hydrogen) atoms. The molecule has 0 atom stereocenters. The van der Waals surface area contributed by atoms with Crippen molar-refractivity contribution in [3.8, 4) is 39.5 Å². The molecule has 0 amide bonds. The molecule has 9 nitrogen and oxygen atoms in total. The molecule has 3 heterocycles. The summed E-state index contributed by atoms with van der Waals surface area (Å²) in [5.41, 5.74) is 7.10. The van der Waals surface area contributed by atoms with Crippen LogP contribution in [0.3, 0.4) is 0 Å². The van der Waals surface area contributed by atoms with E-state index in [0.717, 1.165) is 76.2 Å². The minimum atomic E-state index is -0.209. The van der Waals surface area contributed by atoms with Crippen molar-refractivity contribution in [3.63, 3.8) is 0 Å². The Morgan fingerprint density at radius 2 is 1.28 bits per heavy atom. The largest absolute Gasteiger partial charge is 0.481 e.